The second-order valence-electron chi connectivity index (χ2n) is 9.27. The molecule has 2 N–H and O–H groups in total. The van der Waals surface area contributed by atoms with Crippen LogP contribution in [-0.2, 0) is 16.0 Å². The van der Waals surface area contributed by atoms with E-state index in [1.54, 1.807) is 24.7 Å². The molecule has 1 amide bonds. The lowest BCUT2D eigenvalue weighted by atomic mass is 9.92. The van der Waals surface area contributed by atoms with Crippen LogP contribution in [0.5, 0.6) is 0 Å². The molecule has 0 atom stereocenters. The highest BCUT2D eigenvalue weighted by atomic mass is 19.1. The predicted octanol–water partition coefficient (Wildman–Crippen LogP) is 4.21. The number of nitrogens with zero attached hydrogens (tertiary/aromatic N) is 3. The number of amides is 1. The predicted molar refractivity (Wildman–Crippen MR) is 137 cm³/mol. The molecule has 0 aliphatic carbocycles. The van der Waals surface area contributed by atoms with Gasteiger partial charge < -0.3 is 20.1 Å². The number of carbonyl (C=O) groups is 1. The van der Waals surface area contributed by atoms with Crippen LogP contribution in [0.1, 0.15) is 30.5 Å². The van der Waals surface area contributed by atoms with Gasteiger partial charge in [-0.15, -0.1) is 0 Å². The van der Waals surface area contributed by atoms with Crippen molar-refractivity contribution >= 4 is 28.6 Å². The first-order valence-corrected chi connectivity index (χ1v) is 11.8. The molecule has 2 aromatic heterocycles. The van der Waals surface area contributed by atoms with Gasteiger partial charge in [0.2, 0.25) is 0 Å². The smallest absolute Gasteiger partial charge is 0.260 e. The largest absolute Gasteiger partial charge is 0.482 e. The van der Waals surface area contributed by atoms with Crippen LogP contribution in [0.4, 0.5) is 15.9 Å². The van der Waals surface area contributed by atoms with Crippen molar-refractivity contribution in [2.24, 2.45) is 0 Å². The summed E-state index contributed by atoms with van der Waals surface area (Å²) < 4.78 is 19.9. The molecule has 2 aliphatic rings. The third-order valence-electron chi connectivity index (χ3n) is 6.43. The van der Waals surface area contributed by atoms with Crippen molar-refractivity contribution in [1.82, 2.24) is 9.97 Å². The molecule has 1 aromatic carbocycles. The first-order chi connectivity index (χ1) is 17.4. The zero-order chi connectivity index (χ0) is 25.3. The maximum absolute atomic E-state index is 13.7. The molecule has 0 bridgehead atoms. The molecule has 5 rings (SSSR count). The van der Waals surface area contributed by atoms with E-state index in [1.165, 1.54) is 12.1 Å². The Morgan fingerprint density at radius 1 is 1.08 bits per heavy atom. The van der Waals surface area contributed by atoms with Gasteiger partial charge in [-0.05, 0) is 79.9 Å². The van der Waals surface area contributed by atoms with E-state index in [4.69, 9.17) is 4.74 Å². The number of aromatic nitrogens is 2. The molecular weight excluding hydrogens is 459 g/mol. The first-order valence-electron chi connectivity index (χ1n) is 11.8. The summed E-state index contributed by atoms with van der Waals surface area (Å²) in [5, 5.41) is 12.4. The number of nitrogens with one attached hydrogen (secondary N) is 1. The lowest BCUT2D eigenvalue weighted by Crippen LogP contribution is -2.30. The Morgan fingerprint density at radius 3 is 2.67 bits per heavy atom. The standard InChI is InChI=1S/C28H27FN4O3/c1-28(2)22(17-24(36-28)26-21-4-3-20(29)16-23(21)32-27(26)35)19-7-11-31-25(15-19)33(13-14-34)12-8-18-5-9-30-10-6-18/h3-7,9-11,15-17,34H,8,12-14H2,1-2H3,(H,32,35)/b26-24+. The third kappa shape index (κ3) is 4.59. The molecule has 36 heavy (non-hydrogen) atoms. The Hall–Kier alpha value is -4.04. The number of halogens is 1. The second kappa shape index (κ2) is 9.54. The number of ether oxygens (including phenoxy) is 1. The van der Waals surface area contributed by atoms with Crippen LogP contribution in [0.3, 0.4) is 0 Å². The third-order valence-corrected chi connectivity index (χ3v) is 6.43. The van der Waals surface area contributed by atoms with Crippen molar-refractivity contribution < 1.29 is 19.0 Å². The van der Waals surface area contributed by atoms with E-state index in [-0.39, 0.29) is 12.5 Å². The van der Waals surface area contributed by atoms with Gasteiger partial charge in [-0.3, -0.25) is 9.78 Å². The van der Waals surface area contributed by atoms with Crippen LogP contribution in [0, 0.1) is 5.82 Å². The van der Waals surface area contributed by atoms with Gasteiger partial charge in [-0.25, -0.2) is 9.37 Å². The van der Waals surface area contributed by atoms with Gasteiger partial charge in [-0.2, -0.15) is 0 Å². The Labute approximate surface area is 209 Å². The lowest BCUT2D eigenvalue weighted by Gasteiger charge is -2.26. The van der Waals surface area contributed by atoms with E-state index >= 15 is 0 Å². The van der Waals surface area contributed by atoms with Crippen molar-refractivity contribution in [3.63, 3.8) is 0 Å². The fourth-order valence-electron chi connectivity index (χ4n) is 4.64. The van der Waals surface area contributed by atoms with E-state index in [9.17, 15) is 14.3 Å². The molecule has 8 heteroatoms. The Kier molecular flexibility index (Phi) is 6.28. The van der Waals surface area contributed by atoms with Crippen molar-refractivity contribution in [2.75, 3.05) is 29.9 Å². The molecule has 4 heterocycles. The van der Waals surface area contributed by atoms with E-state index < -0.39 is 11.4 Å². The van der Waals surface area contributed by atoms with Crippen LogP contribution in [-0.4, -0.2) is 46.3 Å². The van der Waals surface area contributed by atoms with Crippen LogP contribution < -0.4 is 10.2 Å². The van der Waals surface area contributed by atoms with E-state index in [0.29, 0.717) is 35.7 Å². The minimum atomic E-state index is -0.705. The summed E-state index contributed by atoms with van der Waals surface area (Å²) in [6, 6.07) is 12.1. The molecule has 0 spiro atoms. The van der Waals surface area contributed by atoms with Crippen molar-refractivity contribution in [3.05, 3.63) is 95.4 Å². The van der Waals surface area contributed by atoms with Gasteiger partial charge >= 0.3 is 0 Å². The van der Waals surface area contributed by atoms with Gasteiger partial charge in [0, 0.05) is 42.8 Å². The fraction of sp³-hybridized carbons (Fsp3) is 0.250. The second-order valence-corrected chi connectivity index (χ2v) is 9.27. The van der Waals surface area contributed by atoms with Gasteiger partial charge in [0.1, 0.15) is 23.0 Å². The zero-order valence-corrected chi connectivity index (χ0v) is 20.2. The molecule has 0 fully saturated rings. The van der Waals surface area contributed by atoms with Crippen molar-refractivity contribution in [3.8, 4) is 0 Å². The molecule has 3 aromatic rings. The number of anilines is 2. The minimum absolute atomic E-state index is 0.00488. The maximum atomic E-state index is 13.7. The minimum Gasteiger partial charge on any atom is -0.482 e. The average Bonchev–Trinajstić information content (AvgIpc) is 3.36. The van der Waals surface area contributed by atoms with Gasteiger partial charge in [0.25, 0.3) is 5.91 Å². The molecule has 0 saturated heterocycles. The summed E-state index contributed by atoms with van der Waals surface area (Å²) in [5.41, 5.74) is 3.70. The Morgan fingerprint density at radius 2 is 1.89 bits per heavy atom. The number of allylic oxidation sites excluding steroid dienone is 1. The van der Waals surface area contributed by atoms with E-state index in [0.717, 1.165) is 28.9 Å². The quantitative estimate of drug-likeness (QED) is 0.487. The summed E-state index contributed by atoms with van der Waals surface area (Å²) in [7, 11) is 0. The van der Waals surface area contributed by atoms with Crippen molar-refractivity contribution in [1.29, 1.82) is 0 Å². The number of pyridine rings is 2. The number of hydrogen-bond acceptors (Lipinski definition) is 6. The Balaban J connectivity index is 1.48. The average molecular weight is 487 g/mol. The summed E-state index contributed by atoms with van der Waals surface area (Å²) in [6.45, 7) is 5.02. The number of fused-ring (bicyclic) bond motifs is 1. The Bertz CT molecular complexity index is 1370. The van der Waals surface area contributed by atoms with Crippen molar-refractivity contribution in [2.45, 2.75) is 25.9 Å². The maximum Gasteiger partial charge on any atom is 0.260 e. The molecule has 2 aliphatic heterocycles. The number of aliphatic hydroxyl groups excluding tert-OH is 1. The number of aliphatic hydroxyl groups is 1. The molecule has 0 unspecified atom stereocenters. The highest BCUT2D eigenvalue weighted by molar-refractivity contribution is 6.32. The van der Waals surface area contributed by atoms with Gasteiger partial charge in [0.15, 0.2) is 0 Å². The molecule has 7 nitrogen and oxygen atoms in total. The van der Waals surface area contributed by atoms with Crippen LogP contribution in [0.2, 0.25) is 0 Å². The number of carbonyl (C=O) groups excluding carboxylic acids is 1. The highest BCUT2D eigenvalue weighted by Gasteiger charge is 2.38. The molecular formula is C28H27FN4O3. The number of rotatable bonds is 7. The topological polar surface area (TPSA) is 87.6 Å². The molecule has 184 valence electrons. The normalized spacial score (nSPS) is 17.9. The van der Waals surface area contributed by atoms with Gasteiger partial charge in [-0.1, -0.05) is 0 Å². The monoisotopic (exact) mass is 486 g/mol. The number of benzene rings is 1. The zero-order valence-electron chi connectivity index (χ0n) is 20.2. The fourth-order valence-corrected chi connectivity index (χ4v) is 4.64. The summed E-state index contributed by atoms with van der Waals surface area (Å²) in [4.78, 5) is 23.4. The molecule has 0 radical (unpaired) electrons. The highest BCUT2D eigenvalue weighted by Crippen LogP contribution is 2.44. The van der Waals surface area contributed by atoms with Crippen LogP contribution >= 0.6 is 0 Å². The lowest BCUT2D eigenvalue weighted by molar-refractivity contribution is -0.111. The van der Waals surface area contributed by atoms with Gasteiger partial charge in [0.05, 0.1) is 17.9 Å². The summed E-state index contributed by atoms with van der Waals surface area (Å²) >= 11 is 0. The van der Waals surface area contributed by atoms with E-state index in [2.05, 4.69) is 15.3 Å². The summed E-state index contributed by atoms with van der Waals surface area (Å²) in [5.74, 6) is 0.457. The first kappa shape index (κ1) is 23.7. The van der Waals surface area contributed by atoms with Crippen LogP contribution in [0.15, 0.2) is 72.9 Å². The molecule has 0 saturated carbocycles. The SMILES string of the molecule is CC1(C)O/C(=C2/C(=O)Nc3cc(F)ccc32)C=C1c1ccnc(N(CCO)CCc2ccncc2)c1. The van der Waals surface area contributed by atoms with E-state index in [1.807, 2.05) is 49.1 Å². The summed E-state index contributed by atoms with van der Waals surface area (Å²) in [6.07, 6.45) is 7.94. The number of hydrogen-bond donors (Lipinski definition) is 2. The van der Waals surface area contributed by atoms with Crippen LogP contribution in [0.25, 0.3) is 11.1 Å².